The molecule has 0 bridgehead atoms. The quantitative estimate of drug-likeness (QED) is 0.149. The zero-order chi connectivity index (χ0) is 45.9. The zero-order valence-electron chi connectivity index (χ0n) is 40.0. The van der Waals surface area contributed by atoms with E-state index in [0.29, 0.717) is 41.0 Å². The molecular formula is C54H70N6O2. The number of ether oxygens (including phenoxy) is 2. The van der Waals surface area contributed by atoms with Gasteiger partial charge in [-0.1, -0.05) is 106 Å². The number of aryl methyl sites for hydroxylation is 2. The summed E-state index contributed by atoms with van der Waals surface area (Å²) in [5.74, 6) is 4.15. The molecule has 0 unspecified atom stereocenters. The summed E-state index contributed by atoms with van der Waals surface area (Å²) in [6.07, 6.45) is 7.25. The van der Waals surface area contributed by atoms with Crippen molar-refractivity contribution >= 4 is 16.5 Å². The summed E-state index contributed by atoms with van der Waals surface area (Å²) >= 11 is 0. The lowest BCUT2D eigenvalue weighted by Crippen LogP contribution is -2.06. The van der Waals surface area contributed by atoms with Gasteiger partial charge in [0.1, 0.15) is 11.8 Å². The Morgan fingerprint density at radius 2 is 1.31 bits per heavy atom. The Kier molecular flexibility index (Phi) is 20.4. The summed E-state index contributed by atoms with van der Waals surface area (Å²) in [5, 5.41) is 9.73. The maximum absolute atomic E-state index is 8.66. The fourth-order valence-electron chi connectivity index (χ4n) is 6.30. The Morgan fingerprint density at radius 3 is 1.84 bits per heavy atom. The van der Waals surface area contributed by atoms with E-state index in [1.807, 2.05) is 101 Å². The highest BCUT2D eigenvalue weighted by atomic mass is 16.5. The first kappa shape index (κ1) is 50.4. The van der Waals surface area contributed by atoms with Gasteiger partial charge in [-0.3, -0.25) is 19.9 Å². The predicted octanol–water partition coefficient (Wildman–Crippen LogP) is 13.9. The highest BCUT2D eigenvalue weighted by Crippen LogP contribution is 2.31. The van der Waals surface area contributed by atoms with Crippen LogP contribution in [0.5, 0.6) is 11.6 Å². The van der Waals surface area contributed by atoms with Crippen molar-refractivity contribution in [1.82, 2.24) is 24.9 Å². The van der Waals surface area contributed by atoms with E-state index in [2.05, 4.69) is 131 Å². The molecule has 7 rings (SSSR count). The van der Waals surface area contributed by atoms with Gasteiger partial charge >= 0.3 is 0 Å². The molecule has 328 valence electrons. The molecule has 8 heteroatoms. The highest BCUT2D eigenvalue weighted by Gasteiger charge is 2.16. The maximum atomic E-state index is 8.66. The molecule has 0 fully saturated rings. The average Bonchev–Trinajstić information content (AvgIpc) is 3.69. The van der Waals surface area contributed by atoms with Crippen molar-refractivity contribution < 1.29 is 9.47 Å². The molecule has 0 radical (unpaired) electrons. The Bertz CT molecular complexity index is 2350. The number of allylic oxidation sites excluding steroid dienone is 2. The van der Waals surface area contributed by atoms with E-state index in [1.54, 1.807) is 7.11 Å². The van der Waals surface area contributed by atoms with Crippen molar-refractivity contribution in [1.29, 1.82) is 5.26 Å². The lowest BCUT2D eigenvalue weighted by Gasteiger charge is -2.10. The molecule has 1 aliphatic rings. The number of aromatic nitrogens is 5. The fraction of sp³-hybridized carbons (Fsp3) is 0.407. The van der Waals surface area contributed by atoms with Gasteiger partial charge in [-0.25, -0.2) is 4.98 Å². The average molecular weight is 835 g/mol. The van der Waals surface area contributed by atoms with Crippen molar-refractivity contribution in [3.05, 3.63) is 154 Å². The number of nitriles is 1. The van der Waals surface area contributed by atoms with Crippen LogP contribution in [0.15, 0.2) is 103 Å². The topological polar surface area (TPSA) is 107 Å². The van der Waals surface area contributed by atoms with E-state index < -0.39 is 0 Å². The number of rotatable bonds is 8. The molecule has 0 aliphatic heterocycles. The number of hydrogen-bond acceptors (Lipinski definition) is 8. The lowest BCUT2D eigenvalue weighted by atomic mass is 9.99. The Morgan fingerprint density at radius 1 is 0.629 bits per heavy atom. The Labute approximate surface area is 373 Å². The minimum atomic E-state index is 0.192. The minimum Gasteiger partial charge on any atom is -0.496 e. The summed E-state index contributed by atoms with van der Waals surface area (Å²) in [6.45, 7) is 29.4. The van der Waals surface area contributed by atoms with Crippen LogP contribution in [0.3, 0.4) is 0 Å². The van der Waals surface area contributed by atoms with Crippen LogP contribution in [0.25, 0.3) is 16.5 Å². The molecule has 5 heterocycles. The van der Waals surface area contributed by atoms with Crippen LogP contribution in [0, 0.1) is 31.1 Å². The molecule has 8 nitrogen and oxygen atoms in total. The number of fused-ring (bicyclic) bond motifs is 2. The van der Waals surface area contributed by atoms with Crippen LogP contribution in [0.4, 0.5) is 0 Å². The molecule has 0 N–H and O–H groups in total. The third-order valence-electron chi connectivity index (χ3n) is 9.95. The molecule has 62 heavy (non-hydrogen) atoms. The molecule has 0 saturated heterocycles. The Balaban J connectivity index is 0.000000208. The van der Waals surface area contributed by atoms with E-state index in [-0.39, 0.29) is 6.10 Å². The molecule has 1 aliphatic carbocycles. The van der Waals surface area contributed by atoms with Gasteiger partial charge < -0.3 is 9.47 Å². The van der Waals surface area contributed by atoms with Gasteiger partial charge in [0.15, 0.2) is 0 Å². The molecule has 0 atom stereocenters. The van der Waals surface area contributed by atoms with Gasteiger partial charge in [0.25, 0.3) is 0 Å². The van der Waals surface area contributed by atoms with Gasteiger partial charge in [0.05, 0.1) is 35.7 Å². The number of hydrogen-bond donors (Lipinski definition) is 0. The number of para-hydroxylation sites is 1. The monoisotopic (exact) mass is 835 g/mol. The van der Waals surface area contributed by atoms with Crippen molar-refractivity contribution in [3.63, 3.8) is 0 Å². The smallest absolute Gasteiger partial charge is 0.213 e. The Hall–Kier alpha value is -5.94. The first-order chi connectivity index (χ1) is 29.4. The molecular weight excluding hydrogens is 765 g/mol. The fourth-order valence-corrected chi connectivity index (χ4v) is 6.30. The van der Waals surface area contributed by atoms with Crippen LogP contribution in [0.1, 0.15) is 158 Å². The zero-order valence-corrected chi connectivity index (χ0v) is 40.0. The van der Waals surface area contributed by atoms with Crippen LogP contribution in [0.2, 0.25) is 0 Å². The van der Waals surface area contributed by atoms with Gasteiger partial charge in [0, 0.05) is 59.1 Å². The number of benzene rings is 1. The largest absolute Gasteiger partial charge is 0.496 e. The van der Waals surface area contributed by atoms with Crippen molar-refractivity contribution in [2.45, 2.75) is 133 Å². The van der Waals surface area contributed by atoms with Crippen LogP contribution < -0.4 is 9.47 Å². The number of nitrogens with zero attached hydrogens (tertiary/aromatic N) is 6. The normalized spacial score (nSPS) is 11.4. The van der Waals surface area contributed by atoms with Gasteiger partial charge in [-0.05, 0) is 116 Å². The summed E-state index contributed by atoms with van der Waals surface area (Å²) in [6, 6.07) is 30.2. The standard InChI is InChI=1S/C13H15NO.C11H17NO.C11H13N.C10H12N2.C9H13N/c1-9(2)12-8-13(15-3)10-6-4-5-7-11(10)14-12;1-8(2)10-5-6-11(12-7-10)13-9(3)4;1-8(2)9-5-6-11-10(9)4-3-7-12-11;1-7(2)10-5-4-9(6-11)8(3)12-10;1-7(2)9-6-4-5-8(3)10-9/h4-9H,1-3H3;5-9H,1-4H3;3-5,7-8H,6H2,1-2H3;4-5,7H,1-3H3;4-7H,1-3H3. The second-order valence-electron chi connectivity index (χ2n) is 17.2. The second kappa shape index (κ2) is 25.1. The molecule has 5 aromatic heterocycles. The van der Waals surface area contributed by atoms with Crippen molar-refractivity contribution in [3.8, 4) is 17.7 Å². The van der Waals surface area contributed by atoms with Crippen LogP contribution >= 0.6 is 0 Å². The van der Waals surface area contributed by atoms with E-state index in [9.17, 15) is 0 Å². The molecule has 0 saturated carbocycles. The molecule has 1 aromatic carbocycles. The first-order valence-electron chi connectivity index (χ1n) is 22.0. The number of pyridine rings is 5. The van der Waals surface area contributed by atoms with Crippen molar-refractivity contribution in [2.24, 2.45) is 5.92 Å². The highest BCUT2D eigenvalue weighted by molar-refractivity contribution is 5.85. The van der Waals surface area contributed by atoms with Crippen LogP contribution in [-0.2, 0) is 6.42 Å². The third-order valence-corrected chi connectivity index (χ3v) is 9.95. The number of methoxy groups -OCH3 is 1. The summed E-state index contributed by atoms with van der Waals surface area (Å²) < 4.78 is 10.8. The summed E-state index contributed by atoms with van der Waals surface area (Å²) in [7, 11) is 1.70. The lowest BCUT2D eigenvalue weighted by molar-refractivity contribution is 0.232. The van der Waals surface area contributed by atoms with Gasteiger partial charge in [0.2, 0.25) is 5.88 Å². The third kappa shape index (κ3) is 15.8. The molecule has 0 amide bonds. The van der Waals surface area contributed by atoms with E-state index >= 15 is 0 Å². The van der Waals surface area contributed by atoms with E-state index in [1.165, 1.54) is 28.1 Å². The van der Waals surface area contributed by atoms with Crippen molar-refractivity contribution in [2.75, 3.05) is 7.11 Å². The van der Waals surface area contributed by atoms with E-state index in [0.717, 1.165) is 45.8 Å². The molecule has 0 spiro atoms. The summed E-state index contributed by atoms with van der Waals surface area (Å²) in [4.78, 5) is 21.9. The SMILES string of the molecule is CC(C)C1=CCc2ncccc21.CC(C)Oc1ccc(C(C)C)cn1.COc1cc(C(C)C)nc2ccccc12.Cc1cccc(C(C)C)n1.Cc1nc(C(C)C)ccc1C#N. The van der Waals surface area contributed by atoms with E-state index in [4.69, 9.17) is 14.7 Å². The molecule has 6 aromatic rings. The van der Waals surface area contributed by atoms with Crippen LogP contribution in [-0.4, -0.2) is 38.1 Å². The predicted molar refractivity (Wildman–Crippen MR) is 258 cm³/mol. The first-order valence-corrected chi connectivity index (χ1v) is 22.0. The maximum Gasteiger partial charge on any atom is 0.213 e. The second-order valence-corrected chi connectivity index (χ2v) is 17.2. The summed E-state index contributed by atoms with van der Waals surface area (Å²) in [5.41, 5.74) is 12.2. The van der Waals surface area contributed by atoms with Gasteiger partial charge in [-0.2, -0.15) is 5.26 Å². The van der Waals surface area contributed by atoms with Gasteiger partial charge in [-0.15, -0.1) is 0 Å². The minimum absolute atomic E-state index is 0.192.